The molecule has 0 aliphatic heterocycles. The van der Waals surface area contributed by atoms with E-state index in [1.807, 2.05) is 48.2 Å². The van der Waals surface area contributed by atoms with E-state index in [0.717, 1.165) is 24.0 Å². The molecular weight excluding hydrogens is 426 g/mol. The molecule has 4 heteroatoms. The van der Waals surface area contributed by atoms with E-state index in [1.165, 1.54) is 0 Å². The van der Waals surface area contributed by atoms with Crippen LogP contribution in [0.2, 0.25) is 0 Å². The summed E-state index contributed by atoms with van der Waals surface area (Å²) in [5.41, 5.74) is 0.641. The quantitative estimate of drug-likeness (QED) is 0.570. The van der Waals surface area contributed by atoms with Crippen LogP contribution in [0.25, 0.3) is 0 Å². The molecule has 2 aromatic carbocycles. The fourth-order valence-corrected chi connectivity index (χ4v) is 7.02. The molecule has 29 heavy (non-hydrogen) atoms. The first-order chi connectivity index (χ1) is 13.7. The van der Waals surface area contributed by atoms with Gasteiger partial charge in [-0.15, -0.1) is 0 Å². The first-order valence-corrected chi connectivity index (χ1v) is 11.2. The molecular formula is C25H28BrNO2. The van der Waals surface area contributed by atoms with E-state index in [4.69, 9.17) is 0 Å². The number of hydrogen-bond acceptors (Lipinski definition) is 2. The number of amides is 1. The summed E-state index contributed by atoms with van der Waals surface area (Å²) in [6.45, 7) is 7.35. The van der Waals surface area contributed by atoms with E-state index in [2.05, 4.69) is 54.0 Å². The van der Waals surface area contributed by atoms with Gasteiger partial charge in [-0.05, 0) is 29.4 Å². The highest BCUT2D eigenvalue weighted by molar-refractivity contribution is 9.10. The van der Waals surface area contributed by atoms with Gasteiger partial charge in [-0.25, -0.2) is 0 Å². The largest absolute Gasteiger partial charge is 0.333 e. The van der Waals surface area contributed by atoms with Crippen molar-refractivity contribution in [2.75, 3.05) is 0 Å². The molecule has 2 saturated carbocycles. The van der Waals surface area contributed by atoms with E-state index in [9.17, 15) is 9.59 Å². The molecule has 0 saturated heterocycles. The Kier molecular flexibility index (Phi) is 4.97. The Morgan fingerprint density at radius 3 is 1.83 bits per heavy atom. The fraction of sp³-hybridized carbons (Fsp3) is 0.440. The Hall–Kier alpha value is -1.94. The maximum Gasteiger partial charge on any atom is 0.231 e. The summed E-state index contributed by atoms with van der Waals surface area (Å²) in [5, 5.41) is 0. The minimum atomic E-state index is -0.706. The lowest BCUT2D eigenvalue weighted by atomic mass is 9.64. The maximum atomic E-state index is 14.2. The highest BCUT2D eigenvalue weighted by atomic mass is 79.9. The van der Waals surface area contributed by atoms with Crippen LogP contribution in [0, 0.1) is 16.2 Å². The number of halogens is 1. The van der Waals surface area contributed by atoms with Crippen LogP contribution < -0.4 is 0 Å². The molecule has 0 heterocycles. The molecule has 2 bridgehead atoms. The number of fused-ring (bicyclic) bond motifs is 2. The maximum absolute atomic E-state index is 14.2. The second-order valence-corrected chi connectivity index (χ2v) is 10.2. The van der Waals surface area contributed by atoms with Crippen LogP contribution in [0.5, 0.6) is 0 Å². The van der Waals surface area contributed by atoms with Crippen molar-refractivity contribution in [3.63, 3.8) is 0 Å². The molecule has 0 N–H and O–H groups in total. The predicted molar refractivity (Wildman–Crippen MR) is 118 cm³/mol. The Morgan fingerprint density at radius 1 is 0.931 bits per heavy atom. The first-order valence-electron chi connectivity index (χ1n) is 10.3. The van der Waals surface area contributed by atoms with Crippen molar-refractivity contribution in [2.45, 2.75) is 51.5 Å². The van der Waals surface area contributed by atoms with Crippen molar-refractivity contribution in [3.05, 3.63) is 71.8 Å². The van der Waals surface area contributed by atoms with Gasteiger partial charge in [0.25, 0.3) is 0 Å². The molecule has 4 rings (SSSR count). The topological polar surface area (TPSA) is 37.4 Å². The lowest BCUT2D eigenvalue weighted by Gasteiger charge is -2.43. The van der Waals surface area contributed by atoms with Gasteiger partial charge in [-0.2, -0.15) is 0 Å². The first kappa shape index (κ1) is 20.3. The number of benzene rings is 2. The van der Waals surface area contributed by atoms with Gasteiger partial charge in [0, 0.05) is 18.5 Å². The van der Waals surface area contributed by atoms with Crippen molar-refractivity contribution in [1.82, 2.24) is 4.90 Å². The van der Waals surface area contributed by atoms with Gasteiger partial charge in [0.05, 0.1) is 10.2 Å². The zero-order valence-corrected chi connectivity index (χ0v) is 18.9. The molecule has 3 nitrogen and oxygen atoms in total. The van der Waals surface area contributed by atoms with Crippen molar-refractivity contribution in [3.8, 4) is 0 Å². The highest BCUT2D eigenvalue weighted by Crippen LogP contribution is 2.72. The van der Waals surface area contributed by atoms with E-state index in [1.54, 1.807) is 0 Å². The predicted octanol–water partition coefficient (Wildman–Crippen LogP) is 5.37. The number of carbonyl (C=O) groups excluding carboxylic acids is 2. The van der Waals surface area contributed by atoms with E-state index < -0.39 is 21.1 Å². The standard InChI is InChI=1S/C25H28BrNO2/c1-23(2)24(3)14-15-25(23,20(26)21(24)28)22(29)27(16-18-10-6-4-7-11-18)17-19-12-8-5-9-13-19/h4-13,20H,14-17H2,1-3H3. The fourth-order valence-electron chi connectivity index (χ4n) is 5.51. The molecule has 2 fully saturated rings. The normalized spacial score (nSPS) is 29.8. The van der Waals surface area contributed by atoms with Crippen LogP contribution in [0.15, 0.2) is 60.7 Å². The third-order valence-electron chi connectivity index (χ3n) is 7.82. The third-order valence-corrected chi connectivity index (χ3v) is 9.02. The SMILES string of the molecule is CC12CCC(C(=O)N(Cc3ccccc3)Cc3ccccc3)(C(Br)C1=O)C2(C)C. The Labute approximate surface area is 181 Å². The molecule has 2 aliphatic rings. The van der Waals surface area contributed by atoms with Crippen LogP contribution in [0.4, 0.5) is 0 Å². The van der Waals surface area contributed by atoms with Crippen LogP contribution in [0.1, 0.15) is 44.7 Å². The van der Waals surface area contributed by atoms with E-state index >= 15 is 0 Å². The average molecular weight is 454 g/mol. The van der Waals surface area contributed by atoms with Gasteiger partial charge < -0.3 is 4.90 Å². The summed E-state index contributed by atoms with van der Waals surface area (Å²) in [5.74, 6) is 0.271. The smallest absolute Gasteiger partial charge is 0.231 e. The molecule has 0 spiro atoms. The minimum absolute atomic E-state index is 0.0895. The summed E-state index contributed by atoms with van der Waals surface area (Å²) in [4.78, 5) is 28.9. The number of nitrogens with zero attached hydrogens (tertiary/aromatic N) is 1. The van der Waals surface area contributed by atoms with Crippen LogP contribution in [0.3, 0.4) is 0 Å². The summed E-state index contributed by atoms with van der Waals surface area (Å²) < 4.78 is 0. The summed E-state index contributed by atoms with van der Waals surface area (Å²) in [6.07, 6.45) is 1.52. The molecule has 2 aromatic rings. The van der Waals surface area contributed by atoms with E-state index in [0.29, 0.717) is 13.1 Å². The van der Waals surface area contributed by atoms with Crippen LogP contribution >= 0.6 is 15.9 Å². The third kappa shape index (κ3) is 2.83. The van der Waals surface area contributed by atoms with Crippen LogP contribution in [-0.2, 0) is 22.7 Å². The van der Waals surface area contributed by atoms with E-state index in [-0.39, 0.29) is 11.7 Å². The zero-order chi connectivity index (χ0) is 20.9. The minimum Gasteiger partial charge on any atom is -0.333 e. The molecule has 152 valence electrons. The van der Waals surface area contributed by atoms with Gasteiger partial charge in [0.1, 0.15) is 0 Å². The molecule has 0 radical (unpaired) electrons. The number of hydrogen-bond donors (Lipinski definition) is 0. The number of Topliss-reactive ketones (excluding diaryl/α,β-unsaturated/α-hetero) is 1. The van der Waals surface area contributed by atoms with Gasteiger partial charge >= 0.3 is 0 Å². The van der Waals surface area contributed by atoms with Crippen molar-refractivity contribution >= 4 is 27.6 Å². The van der Waals surface area contributed by atoms with Crippen molar-refractivity contribution in [1.29, 1.82) is 0 Å². The zero-order valence-electron chi connectivity index (χ0n) is 17.3. The number of alkyl halides is 1. The van der Waals surface area contributed by atoms with Gasteiger partial charge in [0.15, 0.2) is 5.78 Å². The second kappa shape index (κ2) is 7.09. The second-order valence-electron chi connectivity index (χ2n) is 9.29. The monoisotopic (exact) mass is 453 g/mol. The Morgan fingerprint density at radius 2 is 1.41 bits per heavy atom. The van der Waals surface area contributed by atoms with Gasteiger partial charge in [-0.3, -0.25) is 9.59 Å². The molecule has 3 unspecified atom stereocenters. The van der Waals surface area contributed by atoms with Crippen molar-refractivity contribution < 1.29 is 9.59 Å². The average Bonchev–Trinajstić information content (AvgIpc) is 3.00. The van der Waals surface area contributed by atoms with Crippen molar-refractivity contribution in [2.24, 2.45) is 16.2 Å². The lowest BCUT2D eigenvalue weighted by molar-refractivity contribution is -0.148. The summed E-state index contributed by atoms with van der Waals surface area (Å²) in [6, 6.07) is 20.2. The summed E-state index contributed by atoms with van der Waals surface area (Å²) in [7, 11) is 0. The molecule has 3 atom stereocenters. The molecule has 2 aliphatic carbocycles. The van der Waals surface area contributed by atoms with Crippen LogP contribution in [-0.4, -0.2) is 21.4 Å². The van der Waals surface area contributed by atoms with Gasteiger partial charge in [-0.1, -0.05) is 97.4 Å². The number of ketones is 1. The molecule has 1 amide bonds. The molecule has 0 aromatic heterocycles. The highest BCUT2D eigenvalue weighted by Gasteiger charge is 2.77. The van der Waals surface area contributed by atoms with Gasteiger partial charge in [0.2, 0.25) is 5.91 Å². The summed E-state index contributed by atoms with van der Waals surface area (Å²) >= 11 is 3.67. The number of carbonyl (C=O) groups is 2. The Bertz CT molecular complexity index is 885. The lowest BCUT2D eigenvalue weighted by Crippen LogP contribution is -2.52. The Balaban J connectivity index is 1.74. The number of rotatable bonds is 5.